The Morgan fingerprint density at radius 1 is 0.975 bits per heavy atom. The number of carbonyl (C=O) groups is 3. The number of ether oxygens (including phenoxy) is 4. The lowest BCUT2D eigenvalue weighted by molar-refractivity contribution is -0.142. The van der Waals surface area contributed by atoms with Crippen LogP contribution >= 0.6 is 0 Å². The van der Waals surface area contributed by atoms with Crippen LogP contribution in [0.5, 0.6) is 17.4 Å². The summed E-state index contributed by atoms with van der Waals surface area (Å²) in [5, 5.41) is 0.476. The van der Waals surface area contributed by atoms with Gasteiger partial charge in [-0.25, -0.2) is 9.78 Å². The second-order valence-corrected chi connectivity index (χ2v) is 9.06. The van der Waals surface area contributed by atoms with Crippen molar-refractivity contribution >= 4 is 28.7 Å². The molecule has 0 aliphatic heterocycles. The fourth-order valence-corrected chi connectivity index (χ4v) is 4.35. The van der Waals surface area contributed by atoms with Gasteiger partial charge in [0, 0.05) is 28.4 Å². The van der Waals surface area contributed by atoms with Crippen molar-refractivity contribution in [3.8, 4) is 28.5 Å². The highest BCUT2D eigenvalue weighted by Crippen LogP contribution is 2.42. The summed E-state index contributed by atoms with van der Waals surface area (Å²) in [7, 11) is 0. The zero-order chi connectivity index (χ0) is 28.8. The number of primary amides is 1. The second kappa shape index (κ2) is 12.3. The van der Waals surface area contributed by atoms with Gasteiger partial charge in [-0.2, -0.15) is 0 Å². The normalized spacial score (nSPS) is 10.9. The van der Waals surface area contributed by atoms with Crippen LogP contribution in [0.1, 0.15) is 54.1 Å². The van der Waals surface area contributed by atoms with Crippen molar-refractivity contribution in [2.75, 3.05) is 13.2 Å². The van der Waals surface area contributed by atoms with Crippen LogP contribution < -0.4 is 15.2 Å². The van der Waals surface area contributed by atoms with Crippen LogP contribution in [-0.2, 0) is 20.7 Å². The van der Waals surface area contributed by atoms with E-state index in [1.54, 1.807) is 32.0 Å². The second-order valence-electron chi connectivity index (χ2n) is 9.06. The molecule has 0 aliphatic rings. The Morgan fingerprint density at radius 3 is 2.35 bits per heavy atom. The summed E-state index contributed by atoms with van der Waals surface area (Å²) in [4.78, 5) is 45.2. The fourth-order valence-electron chi connectivity index (χ4n) is 4.35. The maximum absolute atomic E-state index is 13.3. The van der Waals surface area contributed by atoms with Crippen molar-refractivity contribution in [1.82, 2.24) is 9.97 Å². The Morgan fingerprint density at radius 2 is 1.70 bits per heavy atom. The molecule has 4 aromatic rings. The Balaban J connectivity index is 1.99. The highest BCUT2D eigenvalue weighted by molar-refractivity contribution is 6.13. The number of carbonyl (C=O) groups excluding carboxylic acids is 3. The third-order valence-corrected chi connectivity index (χ3v) is 5.87. The number of fused-ring (bicyclic) bond motifs is 1. The minimum absolute atomic E-state index is 0.00956. The van der Waals surface area contributed by atoms with E-state index >= 15 is 0 Å². The van der Waals surface area contributed by atoms with Crippen LogP contribution in [0.3, 0.4) is 0 Å². The Labute approximate surface area is 231 Å². The molecule has 0 saturated carbocycles. The van der Waals surface area contributed by atoms with E-state index in [0.29, 0.717) is 39.2 Å². The van der Waals surface area contributed by atoms with Crippen molar-refractivity contribution in [2.24, 2.45) is 5.73 Å². The molecule has 1 amide bonds. The number of aromatic nitrogens is 2. The topological polar surface area (TPSA) is 143 Å². The lowest BCUT2D eigenvalue weighted by Gasteiger charge is -2.16. The first-order chi connectivity index (χ1) is 19.2. The summed E-state index contributed by atoms with van der Waals surface area (Å²) in [5.41, 5.74) is 7.95. The molecule has 0 atom stereocenters. The van der Waals surface area contributed by atoms with Gasteiger partial charge >= 0.3 is 11.9 Å². The lowest BCUT2D eigenvalue weighted by atomic mass is 9.96. The molecule has 0 bridgehead atoms. The monoisotopic (exact) mass is 545 g/mol. The van der Waals surface area contributed by atoms with Gasteiger partial charge in [-0.1, -0.05) is 12.1 Å². The van der Waals surface area contributed by atoms with Crippen LogP contribution in [0.25, 0.3) is 22.0 Å². The van der Waals surface area contributed by atoms with Crippen molar-refractivity contribution < 1.29 is 33.3 Å². The van der Waals surface area contributed by atoms with Crippen molar-refractivity contribution in [1.29, 1.82) is 0 Å². The molecule has 208 valence electrons. The first-order valence-electron chi connectivity index (χ1n) is 12.9. The third-order valence-electron chi connectivity index (χ3n) is 5.87. The maximum atomic E-state index is 13.3. The highest BCUT2D eigenvalue weighted by atomic mass is 16.5. The quantitative estimate of drug-likeness (QED) is 0.245. The molecule has 0 radical (unpaired) electrons. The third kappa shape index (κ3) is 6.06. The molecule has 10 heteroatoms. The van der Waals surface area contributed by atoms with E-state index in [4.69, 9.17) is 24.7 Å². The molecule has 0 unspecified atom stereocenters. The fraction of sp³-hybridized carbons (Fsp3) is 0.267. The number of hydrogen-bond donors (Lipinski definition) is 2. The average molecular weight is 546 g/mol. The number of pyridine rings is 1. The van der Waals surface area contributed by atoms with Crippen molar-refractivity contribution in [3.05, 3.63) is 71.5 Å². The number of H-pyrrole nitrogens is 1. The predicted molar refractivity (Wildman–Crippen MR) is 149 cm³/mol. The van der Waals surface area contributed by atoms with Gasteiger partial charge in [0.05, 0.1) is 31.3 Å². The SMILES string of the molecule is CCOC(=O)Cc1[nH]c2ccc(Oc3ncccc3C(N)=O)c(-c3ccc(OC(C)C)cc3)c2c1C(=O)OCC. The van der Waals surface area contributed by atoms with E-state index in [1.165, 1.54) is 12.3 Å². The number of nitrogens with one attached hydrogen (secondary N) is 1. The van der Waals surface area contributed by atoms with Gasteiger partial charge in [0.25, 0.3) is 5.91 Å². The molecule has 2 aromatic carbocycles. The van der Waals surface area contributed by atoms with Gasteiger partial charge in [0.1, 0.15) is 17.1 Å². The largest absolute Gasteiger partial charge is 0.491 e. The molecule has 2 aromatic heterocycles. The summed E-state index contributed by atoms with van der Waals surface area (Å²) in [6.45, 7) is 7.61. The van der Waals surface area contributed by atoms with Crippen LogP contribution in [0.4, 0.5) is 0 Å². The van der Waals surface area contributed by atoms with Crippen LogP contribution in [0.15, 0.2) is 54.7 Å². The van der Waals surface area contributed by atoms with Crippen LogP contribution in [0.2, 0.25) is 0 Å². The summed E-state index contributed by atoms with van der Waals surface area (Å²) >= 11 is 0. The van der Waals surface area contributed by atoms with Crippen LogP contribution in [0, 0.1) is 0 Å². The molecule has 2 heterocycles. The standard InChI is InChI=1S/C30H31N3O7/c1-5-37-24(34)16-22-27(30(36)38-6-2)26-21(33-22)13-14-23(40-29-20(28(31)35)8-7-15-32-29)25(26)18-9-11-19(12-10-18)39-17(3)4/h7-15,17,33H,5-6,16H2,1-4H3,(H2,31,35). The molecular weight excluding hydrogens is 514 g/mol. The minimum Gasteiger partial charge on any atom is -0.491 e. The van der Waals surface area contributed by atoms with E-state index in [1.807, 2.05) is 38.1 Å². The van der Waals surface area contributed by atoms with E-state index in [2.05, 4.69) is 9.97 Å². The molecule has 0 fully saturated rings. The van der Waals surface area contributed by atoms with Gasteiger partial charge in [-0.3, -0.25) is 9.59 Å². The average Bonchev–Trinajstić information content (AvgIpc) is 3.27. The smallest absolute Gasteiger partial charge is 0.340 e. The highest BCUT2D eigenvalue weighted by Gasteiger charge is 2.27. The number of amides is 1. The Kier molecular flexibility index (Phi) is 8.68. The van der Waals surface area contributed by atoms with E-state index in [0.717, 1.165) is 0 Å². The van der Waals surface area contributed by atoms with Crippen molar-refractivity contribution in [3.63, 3.8) is 0 Å². The first-order valence-corrected chi connectivity index (χ1v) is 12.9. The maximum Gasteiger partial charge on any atom is 0.340 e. The summed E-state index contributed by atoms with van der Waals surface area (Å²) in [6, 6.07) is 13.8. The molecule has 3 N–H and O–H groups in total. The number of rotatable bonds is 11. The zero-order valence-electron chi connectivity index (χ0n) is 22.8. The lowest BCUT2D eigenvalue weighted by Crippen LogP contribution is -2.13. The molecule has 10 nitrogen and oxygen atoms in total. The molecule has 0 aliphatic carbocycles. The van der Waals surface area contributed by atoms with Gasteiger partial charge < -0.3 is 29.7 Å². The zero-order valence-corrected chi connectivity index (χ0v) is 22.8. The number of nitrogens with two attached hydrogens (primary N) is 1. The van der Waals surface area contributed by atoms with E-state index < -0.39 is 17.8 Å². The molecule has 40 heavy (non-hydrogen) atoms. The van der Waals surface area contributed by atoms with Crippen molar-refractivity contribution in [2.45, 2.75) is 40.2 Å². The summed E-state index contributed by atoms with van der Waals surface area (Å²) < 4.78 is 22.5. The van der Waals surface area contributed by atoms with Gasteiger partial charge in [-0.15, -0.1) is 0 Å². The molecule has 4 rings (SSSR count). The summed E-state index contributed by atoms with van der Waals surface area (Å²) in [6.07, 6.45) is 1.30. The van der Waals surface area contributed by atoms with Gasteiger partial charge in [-0.05, 0) is 69.7 Å². The molecule has 0 saturated heterocycles. The summed E-state index contributed by atoms with van der Waals surface area (Å²) in [5.74, 6) is -0.827. The van der Waals surface area contributed by atoms with E-state index in [9.17, 15) is 14.4 Å². The Hall–Kier alpha value is -4.86. The van der Waals surface area contributed by atoms with Gasteiger partial charge in [0.15, 0.2) is 0 Å². The number of esters is 2. The first kappa shape index (κ1) is 28.2. The number of benzene rings is 2. The van der Waals surface area contributed by atoms with Crippen LogP contribution in [-0.4, -0.2) is 47.1 Å². The predicted octanol–water partition coefficient (Wildman–Crippen LogP) is 5.19. The molecular formula is C30H31N3O7. The number of hydrogen-bond acceptors (Lipinski definition) is 8. The molecule has 0 spiro atoms. The Bertz CT molecular complexity index is 1540. The minimum atomic E-state index is -0.702. The number of nitrogens with zero attached hydrogens (tertiary/aromatic N) is 1. The number of aromatic amines is 1. The van der Waals surface area contributed by atoms with E-state index in [-0.39, 0.29) is 42.7 Å². The van der Waals surface area contributed by atoms with Gasteiger partial charge in [0.2, 0.25) is 5.88 Å².